The minimum Gasteiger partial charge on any atom is -0.508 e. The first-order valence-corrected chi connectivity index (χ1v) is 12.6. The van der Waals surface area contributed by atoms with Gasteiger partial charge in [-0.15, -0.1) is 0 Å². The molecule has 0 aliphatic rings. The maximum Gasteiger partial charge on any atom is 0.326 e. The summed E-state index contributed by atoms with van der Waals surface area (Å²) in [6.45, 7) is 4.24. The molecule has 12 heteroatoms. The van der Waals surface area contributed by atoms with Gasteiger partial charge in [0.25, 0.3) is 0 Å². The van der Waals surface area contributed by atoms with Crippen LogP contribution >= 0.6 is 12.6 Å². The molecule has 11 nitrogen and oxygen atoms in total. The van der Waals surface area contributed by atoms with Crippen LogP contribution in [0.25, 0.3) is 0 Å². The summed E-state index contributed by atoms with van der Waals surface area (Å²) < 4.78 is 0. The number of phenols is 1. The highest BCUT2D eigenvalue weighted by molar-refractivity contribution is 7.80. The molecule has 9 N–H and O–H groups in total. The van der Waals surface area contributed by atoms with Crippen LogP contribution in [0, 0.1) is 5.92 Å². The third-order valence-corrected chi connectivity index (χ3v) is 5.81. The van der Waals surface area contributed by atoms with Gasteiger partial charge in [-0.3, -0.25) is 14.4 Å². The van der Waals surface area contributed by atoms with Crippen molar-refractivity contribution in [1.29, 1.82) is 0 Å². The Morgan fingerprint density at radius 2 is 1.47 bits per heavy atom. The van der Waals surface area contributed by atoms with Crippen molar-refractivity contribution in [3.8, 4) is 5.75 Å². The lowest BCUT2D eigenvalue weighted by molar-refractivity contribution is -0.142. The number of aromatic hydroxyl groups is 1. The average Bonchev–Trinajstić information content (AvgIpc) is 2.81. The lowest BCUT2D eigenvalue weighted by Gasteiger charge is -2.25. The molecular weight excluding hydrogens is 486 g/mol. The van der Waals surface area contributed by atoms with Gasteiger partial charge in [0.05, 0.1) is 6.04 Å². The summed E-state index contributed by atoms with van der Waals surface area (Å²) in [5, 5.41) is 26.7. The summed E-state index contributed by atoms with van der Waals surface area (Å²) >= 11 is 4.15. The Morgan fingerprint density at radius 3 is 2.00 bits per heavy atom. The number of carboxylic acid groups (broad SMARTS) is 1. The smallest absolute Gasteiger partial charge is 0.326 e. The van der Waals surface area contributed by atoms with Crippen LogP contribution in [-0.4, -0.2) is 70.4 Å². The number of nitrogens with one attached hydrogen (secondary N) is 3. The molecule has 0 fully saturated rings. The van der Waals surface area contributed by atoms with Gasteiger partial charge in [0, 0.05) is 12.2 Å². The molecule has 0 heterocycles. The number of carboxylic acids is 1. The van der Waals surface area contributed by atoms with E-state index in [1.165, 1.54) is 12.1 Å². The van der Waals surface area contributed by atoms with E-state index in [0.29, 0.717) is 31.4 Å². The zero-order valence-corrected chi connectivity index (χ0v) is 21.7. The van der Waals surface area contributed by atoms with Crippen LogP contribution in [0.2, 0.25) is 0 Å². The quantitative estimate of drug-likeness (QED) is 0.108. The van der Waals surface area contributed by atoms with Crippen LogP contribution in [0.15, 0.2) is 24.3 Å². The number of unbranched alkanes of at least 4 members (excludes halogenated alkanes) is 1. The molecule has 0 aliphatic carbocycles. The molecule has 0 spiro atoms. The minimum atomic E-state index is -1.20. The molecule has 3 amide bonds. The number of carbonyl (C=O) groups excluding carboxylic acids is 3. The van der Waals surface area contributed by atoms with Gasteiger partial charge >= 0.3 is 5.97 Å². The second-order valence-electron chi connectivity index (χ2n) is 9.10. The summed E-state index contributed by atoms with van der Waals surface area (Å²) in [4.78, 5) is 50.1. The summed E-state index contributed by atoms with van der Waals surface area (Å²) in [7, 11) is 0. The molecule has 0 aliphatic heterocycles. The van der Waals surface area contributed by atoms with Crippen molar-refractivity contribution in [1.82, 2.24) is 16.0 Å². The van der Waals surface area contributed by atoms with Gasteiger partial charge in [-0.25, -0.2) is 4.79 Å². The fourth-order valence-electron chi connectivity index (χ4n) is 3.46. The second kappa shape index (κ2) is 16.0. The summed E-state index contributed by atoms with van der Waals surface area (Å²) in [6.07, 6.45) is 1.75. The van der Waals surface area contributed by atoms with Gasteiger partial charge in [-0.05, 0) is 55.8 Å². The van der Waals surface area contributed by atoms with Gasteiger partial charge in [-0.1, -0.05) is 26.0 Å². The molecule has 4 unspecified atom stereocenters. The Kier molecular flexibility index (Phi) is 13.9. The van der Waals surface area contributed by atoms with Crippen molar-refractivity contribution in [3.05, 3.63) is 29.8 Å². The van der Waals surface area contributed by atoms with E-state index in [0.717, 1.165) is 0 Å². The fraction of sp³-hybridized carbons (Fsp3) is 0.583. The first kappa shape index (κ1) is 31.2. The van der Waals surface area contributed by atoms with Gasteiger partial charge in [-0.2, -0.15) is 12.6 Å². The van der Waals surface area contributed by atoms with Crippen molar-refractivity contribution in [2.75, 3.05) is 12.3 Å². The molecule has 0 aromatic heterocycles. The number of nitrogens with two attached hydrogens (primary N) is 2. The van der Waals surface area contributed by atoms with Crippen LogP contribution in [0.3, 0.4) is 0 Å². The van der Waals surface area contributed by atoms with Crippen LogP contribution in [0.1, 0.15) is 45.1 Å². The van der Waals surface area contributed by atoms with Crippen LogP contribution in [0.5, 0.6) is 5.75 Å². The maximum atomic E-state index is 13.1. The number of amides is 3. The SMILES string of the molecule is CC(C)CC(N)C(=O)NC(CS)C(=O)NC(Cc1ccc(O)cc1)C(=O)NC(CCCCN)C(=O)O. The lowest BCUT2D eigenvalue weighted by atomic mass is 10.0. The highest BCUT2D eigenvalue weighted by Crippen LogP contribution is 2.12. The number of carbonyl (C=O) groups is 4. The van der Waals surface area contributed by atoms with E-state index >= 15 is 0 Å². The molecule has 0 radical (unpaired) electrons. The summed E-state index contributed by atoms with van der Waals surface area (Å²) in [5.74, 6) is -2.90. The number of aliphatic carboxylic acids is 1. The zero-order valence-electron chi connectivity index (χ0n) is 20.8. The predicted molar refractivity (Wildman–Crippen MR) is 139 cm³/mol. The Bertz CT molecular complexity index is 867. The van der Waals surface area contributed by atoms with Crippen LogP contribution < -0.4 is 27.4 Å². The molecule has 0 bridgehead atoms. The number of hydrogen-bond acceptors (Lipinski definition) is 8. The Balaban J connectivity index is 3.02. The molecule has 4 atom stereocenters. The van der Waals surface area contributed by atoms with E-state index in [-0.39, 0.29) is 30.3 Å². The third-order valence-electron chi connectivity index (χ3n) is 5.45. The topological polar surface area (TPSA) is 197 Å². The number of thiol groups is 1. The number of phenolic OH excluding ortho intramolecular Hbond substituents is 1. The van der Waals surface area contributed by atoms with Crippen LogP contribution in [-0.2, 0) is 25.6 Å². The van der Waals surface area contributed by atoms with Gasteiger partial charge < -0.3 is 37.6 Å². The molecule has 202 valence electrons. The average molecular weight is 526 g/mol. The molecule has 36 heavy (non-hydrogen) atoms. The van der Waals surface area contributed by atoms with E-state index in [1.807, 2.05) is 13.8 Å². The summed E-state index contributed by atoms with van der Waals surface area (Å²) in [5.41, 5.74) is 12.0. The zero-order chi connectivity index (χ0) is 27.3. The first-order valence-electron chi connectivity index (χ1n) is 12.0. The molecule has 1 rings (SSSR count). The maximum absolute atomic E-state index is 13.1. The monoisotopic (exact) mass is 525 g/mol. The highest BCUT2D eigenvalue weighted by atomic mass is 32.1. The van der Waals surface area contributed by atoms with E-state index in [2.05, 4.69) is 28.6 Å². The van der Waals surface area contributed by atoms with Crippen molar-refractivity contribution in [3.63, 3.8) is 0 Å². The van der Waals surface area contributed by atoms with E-state index in [9.17, 15) is 29.4 Å². The van der Waals surface area contributed by atoms with Crippen molar-refractivity contribution < 1.29 is 29.4 Å². The minimum absolute atomic E-state index is 0.0209. The largest absolute Gasteiger partial charge is 0.508 e. The molecule has 1 aromatic carbocycles. The Hall–Kier alpha value is -2.83. The predicted octanol–water partition coefficient (Wildman–Crippen LogP) is -0.0941. The highest BCUT2D eigenvalue weighted by Gasteiger charge is 2.30. The molecule has 0 saturated carbocycles. The van der Waals surface area contributed by atoms with Crippen molar-refractivity contribution in [2.45, 2.75) is 70.1 Å². The first-order chi connectivity index (χ1) is 17.0. The van der Waals surface area contributed by atoms with Gasteiger partial charge in [0.15, 0.2) is 0 Å². The fourth-order valence-corrected chi connectivity index (χ4v) is 3.72. The van der Waals surface area contributed by atoms with E-state index in [1.54, 1.807) is 12.1 Å². The summed E-state index contributed by atoms with van der Waals surface area (Å²) in [6, 6.07) is 1.87. The number of benzene rings is 1. The second-order valence-corrected chi connectivity index (χ2v) is 9.46. The number of rotatable bonds is 16. The van der Waals surface area contributed by atoms with Gasteiger partial charge in [0.2, 0.25) is 17.7 Å². The normalized spacial score (nSPS) is 14.4. The molecule has 1 aromatic rings. The van der Waals surface area contributed by atoms with E-state index in [4.69, 9.17) is 11.5 Å². The Morgan fingerprint density at radius 1 is 0.917 bits per heavy atom. The lowest BCUT2D eigenvalue weighted by Crippen LogP contribution is -2.58. The number of hydrogen-bond donors (Lipinski definition) is 8. The Labute approximate surface area is 217 Å². The van der Waals surface area contributed by atoms with Crippen LogP contribution in [0.4, 0.5) is 0 Å². The molecular formula is C24H39N5O6S. The van der Waals surface area contributed by atoms with Gasteiger partial charge in [0.1, 0.15) is 23.9 Å². The standard InChI is InChI=1S/C24H39N5O6S/c1-14(2)11-17(26)21(31)29-20(13-36)23(33)28-19(12-15-6-8-16(30)9-7-15)22(32)27-18(24(34)35)5-3-4-10-25/h6-9,14,17-20,30,36H,3-5,10-13,25-26H2,1-2H3,(H,27,32)(H,28,33)(H,29,31)(H,34,35). The van der Waals surface area contributed by atoms with Crippen molar-refractivity contribution in [2.24, 2.45) is 17.4 Å². The molecule has 0 saturated heterocycles. The van der Waals surface area contributed by atoms with Crippen molar-refractivity contribution >= 4 is 36.3 Å². The third kappa shape index (κ3) is 11.3. The van der Waals surface area contributed by atoms with E-state index < -0.39 is 47.9 Å².